The molecule has 2 N–H and O–H groups in total. The molecule has 1 unspecified atom stereocenters. The highest BCUT2D eigenvalue weighted by Crippen LogP contribution is 2.30. The van der Waals surface area contributed by atoms with Crippen LogP contribution in [0.5, 0.6) is 5.75 Å². The fourth-order valence-electron chi connectivity index (χ4n) is 3.08. The van der Waals surface area contributed by atoms with E-state index in [2.05, 4.69) is 0 Å². The number of anilines is 1. The van der Waals surface area contributed by atoms with Crippen molar-refractivity contribution >= 4 is 11.7 Å². The molecule has 20 heavy (non-hydrogen) atoms. The molecule has 108 valence electrons. The normalized spacial score (nSPS) is 22.1. The molecule has 1 heterocycles. The van der Waals surface area contributed by atoms with Gasteiger partial charge >= 0.3 is 5.97 Å². The van der Waals surface area contributed by atoms with Gasteiger partial charge in [0.05, 0.1) is 13.0 Å². The van der Waals surface area contributed by atoms with Crippen LogP contribution in [0.2, 0.25) is 0 Å². The summed E-state index contributed by atoms with van der Waals surface area (Å²) in [5, 5.41) is 0. The maximum absolute atomic E-state index is 11.9. The maximum Gasteiger partial charge on any atom is 0.306 e. The quantitative estimate of drug-likeness (QED) is 0.680. The highest BCUT2D eigenvalue weighted by molar-refractivity contribution is 5.70. The van der Waals surface area contributed by atoms with Crippen molar-refractivity contribution in [2.75, 3.05) is 12.3 Å². The number of rotatable bonds is 3. The van der Waals surface area contributed by atoms with Crippen LogP contribution in [0.1, 0.15) is 37.7 Å². The first-order valence-electron chi connectivity index (χ1n) is 7.41. The van der Waals surface area contributed by atoms with E-state index < -0.39 is 0 Å². The second-order valence-electron chi connectivity index (χ2n) is 5.85. The zero-order valence-electron chi connectivity index (χ0n) is 11.6. The molecular weight excluding hydrogens is 254 g/mol. The van der Waals surface area contributed by atoms with E-state index >= 15 is 0 Å². The summed E-state index contributed by atoms with van der Waals surface area (Å²) < 4.78 is 11.2. The van der Waals surface area contributed by atoms with Crippen LogP contribution in [0.4, 0.5) is 5.69 Å². The van der Waals surface area contributed by atoms with Gasteiger partial charge in [0.1, 0.15) is 11.9 Å². The third kappa shape index (κ3) is 3.06. The molecule has 1 aliphatic carbocycles. The number of hydrogen-bond donors (Lipinski definition) is 1. The Labute approximate surface area is 119 Å². The molecule has 3 rings (SSSR count). The summed E-state index contributed by atoms with van der Waals surface area (Å²) in [6.45, 7) is 0.580. The molecule has 1 atom stereocenters. The van der Waals surface area contributed by atoms with Gasteiger partial charge in [0.2, 0.25) is 0 Å². The third-order valence-electron chi connectivity index (χ3n) is 4.12. The Morgan fingerprint density at radius 1 is 1.35 bits per heavy atom. The summed E-state index contributed by atoms with van der Waals surface area (Å²) in [6.07, 6.45) is 5.81. The Kier molecular flexibility index (Phi) is 3.81. The Balaban J connectivity index is 1.55. The second-order valence-corrected chi connectivity index (χ2v) is 5.85. The van der Waals surface area contributed by atoms with Gasteiger partial charge in [0.25, 0.3) is 0 Å². The first kappa shape index (κ1) is 13.3. The summed E-state index contributed by atoms with van der Waals surface area (Å²) in [7, 11) is 0. The number of fused-ring (bicyclic) bond motifs is 1. The van der Waals surface area contributed by atoms with Gasteiger partial charge in [0.15, 0.2) is 0 Å². The number of carbonyl (C=O) groups excluding carboxylic acids is 1. The number of ether oxygens (including phenoxy) is 2. The van der Waals surface area contributed by atoms with Gasteiger partial charge in [-0.1, -0.05) is 0 Å². The lowest BCUT2D eigenvalue weighted by Crippen LogP contribution is -2.25. The fraction of sp³-hybridized carbons (Fsp3) is 0.562. The van der Waals surface area contributed by atoms with E-state index in [0.29, 0.717) is 13.0 Å². The van der Waals surface area contributed by atoms with Crippen molar-refractivity contribution in [3.8, 4) is 5.75 Å². The molecule has 1 fully saturated rings. The average Bonchev–Trinajstić information content (AvgIpc) is 2.91. The highest BCUT2D eigenvalue weighted by Gasteiger charge is 2.25. The van der Waals surface area contributed by atoms with Gasteiger partial charge in [-0.15, -0.1) is 0 Å². The van der Waals surface area contributed by atoms with Crippen LogP contribution in [0.25, 0.3) is 0 Å². The number of hydrogen-bond acceptors (Lipinski definition) is 4. The van der Waals surface area contributed by atoms with E-state index in [9.17, 15) is 4.79 Å². The van der Waals surface area contributed by atoms with E-state index in [-0.39, 0.29) is 18.0 Å². The molecule has 4 nitrogen and oxygen atoms in total. The Morgan fingerprint density at radius 3 is 2.95 bits per heavy atom. The molecule has 0 amide bonds. The van der Waals surface area contributed by atoms with E-state index in [0.717, 1.165) is 36.3 Å². The zero-order valence-corrected chi connectivity index (χ0v) is 11.6. The molecule has 0 aromatic heterocycles. The van der Waals surface area contributed by atoms with Gasteiger partial charge in [-0.3, -0.25) is 4.79 Å². The molecule has 0 saturated heterocycles. The summed E-state index contributed by atoms with van der Waals surface area (Å²) in [5.74, 6) is 0.996. The molecule has 0 spiro atoms. The van der Waals surface area contributed by atoms with E-state index in [4.69, 9.17) is 15.2 Å². The monoisotopic (exact) mass is 275 g/mol. The summed E-state index contributed by atoms with van der Waals surface area (Å²) >= 11 is 0. The minimum Gasteiger partial charge on any atom is -0.493 e. The molecule has 1 saturated carbocycles. The molecule has 1 aromatic carbocycles. The maximum atomic E-state index is 11.9. The molecule has 4 heteroatoms. The van der Waals surface area contributed by atoms with Gasteiger partial charge < -0.3 is 15.2 Å². The number of carbonyl (C=O) groups is 1. The largest absolute Gasteiger partial charge is 0.493 e. The Bertz CT molecular complexity index is 494. The lowest BCUT2D eigenvalue weighted by atomic mass is 9.94. The van der Waals surface area contributed by atoms with Gasteiger partial charge in [0, 0.05) is 11.6 Å². The number of benzene rings is 1. The second kappa shape index (κ2) is 5.73. The number of nitrogens with two attached hydrogens (primary N) is 1. The molecular formula is C16H21NO3. The third-order valence-corrected chi connectivity index (χ3v) is 4.12. The summed E-state index contributed by atoms with van der Waals surface area (Å²) in [6, 6.07) is 5.68. The predicted octanol–water partition coefficient (Wildman–Crippen LogP) is 2.70. The van der Waals surface area contributed by atoms with Crippen LogP contribution in [0.15, 0.2) is 18.2 Å². The van der Waals surface area contributed by atoms with Crippen molar-refractivity contribution in [1.29, 1.82) is 0 Å². The molecule has 2 aliphatic rings. The fourth-order valence-corrected chi connectivity index (χ4v) is 3.08. The van der Waals surface area contributed by atoms with Crippen LogP contribution in [0, 0.1) is 5.92 Å². The van der Waals surface area contributed by atoms with Gasteiger partial charge in [-0.2, -0.15) is 0 Å². The topological polar surface area (TPSA) is 61.6 Å². The lowest BCUT2D eigenvalue weighted by molar-refractivity contribution is -0.150. The van der Waals surface area contributed by atoms with Crippen LogP contribution in [0.3, 0.4) is 0 Å². The highest BCUT2D eigenvalue weighted by atomic mass is 16.5. The average molecular weight is 275 g/mol. The predicted molar refractivity (Wildman–Crippen MR) is 76.5 cm³/mol. The van der Waals surface area contributed by atoms with Crippen molar-refractivity contribution in [3.05, 3.63) is 23.8 Å². The minimum atomic E-state index is -0.0853. The molecule has 0 radical (unpaired) electrons. The number of nitrogen functional groups attached to an aromatic ring is 1. The van der Waals surface area contributed by atoms with E-state index in [1.807, 2.05) is 18.2 Å². The summed E-state index contributed by atoms with van der Waals surface area (Å²) in [5.41, 5.74) is 7.62. The van der Waals surface area contributed by atoms with Crippen molar-refractivity contribution in [3.63, 3.8) is 0 Å². The standard InChI is InChI=1S/C16H21NO3/c17-13-5-6-15-12(9-13)7-11(10-19-15)8-16(18)20-14-3-1-2-4-14/h5-6,9,11,14H,1-4,7-8,10,17H2. The Hall–Kier alpha value is -1.71. The Morgan fingerprint density at radius 2 is 2.15 bits per heavy atom. The van der Waals surface area contributed by atoms with E-state index in [1.54, 1.807) is 0 Å². The lowest BCUT2D eigenvalue weighted by Gasteiger charge is -2.25. The van der Waals surface area contributed by atoms with Crippen LogP contribution in [-0.2, 0) is 16.0 Å². The smallest absolute Gasteiger partial charge is 0.306 e. The minimum absolute atomic E-state index is 0.0853. The first-order chi connectivity index (χ1) is 9.70. The van der Waals surface area contributed by atoms with Crippen LogP contribution >= 0.6 is 0 Å². The molecule has 1 aliphatic heterocycles. The SMILES string of the molecule is Nc1ccc2c(c1)CC(CC(=O)OC1CCCC1)CO2. The van der Waals surface area contributed by atoms with Crippen LogP contribution in [-0.4, -0.2) is 18.7 Å². The van der Waals surface area contributed by atoms with Crippen molar-refractivity contribution in [2.24, 2.45) is 5.92 Å². The van der Waals surface area contributed by atoms with Crippen LogP contribution < -0.4 is 10.5 Å². The first-order valence-corrected chi connectivity index (χ1v) is 7.41. The van der Waals surface area contributed by atoms with Crippen molar-refractivity contribution in [1.82, 2.24) is 0 Å². The zero-order chi connectivity index (χ0) is 13.9. The van der Waals surface area contributed by atoms with Gasteiger partial charge in [-0.25, -0.2) is 0 Å². The van der Waals surface area contributed by atoms with Crippen molar-refractivity contribution < 1.29 is 14.3 Å². The van der Waals surface area contributed by atoms with E-state index in [1.165, 1.54) is 12.8 Å². The van der Waals surface area contributed by atoms with Gasteiger partial charge in [-0.05, 0) is 55.9 Å². The molecule has 1 aromatic rings. The molecule has 0 bridgehead atoms. The number of esters is 1. The summed E-state index contributed by atoms with van der Waals surface area (Å²) in [4.78, 5) is 11.9. The van der Waals surface area contributed by atoms with Crippen molar-refractivity contribution in [2.45, 2.75) is 44.6 Å².